The molecule has 2 N–H and O–H groups in total. The summed E-state index contributed by atoms with van der Waals surface area (Å²) in [7, 11) is 0. The van der Waals surface area contributed by atoms with Crippen molar-refractivity contribution >= 4 is 17.5 Å². The van der Waals surface area contributed by atoms with Crippen LogP contribution in [0.1, 0.15) is 23.7 Å². The first-order valence-electron chi connectivity index (χ1n) is 6.33. The number of carbonyl (C=O) groups excluding carboxylic acids is 1. The fourth-order valence-electron chi connectivity index (χ4n) is 1.61. The van der Waals surface area contributed by atoms with Crippen LogP contribution in [0.3, 0.4) is 0 Å². The van der Waals surface area contributed by atoms with E-state index in [1.807, 2.05) is 6.92 Å². The number of pyridine rings is 2. The predicted octanol–water partition coefficient (Wildman–Crippen LogP) is 2.69. The minimum Gasteiger partial charge on any atom is -0.368 e. The smallest absolute Gasteiger partial charge is 0.259 e. The Labute approximate surface area is 116 Å². The molecule has 1 amide bonds. The number of carbonyl (C=O) groups is 1. The van der Waals surface area contributed by atoms with Crippen LogP contribution in [0.4, 0.5) is 16.0 Å². The minimum atomic E-state index is -0.658. The fraction of sp³-hybridized carbons (Fsp3) is 0.214. The molecular weight excluding hydrogens is 259 g/mol. The van der Waals surface area contributed by atoms with E-state index in [-0.39, 0.29) is 11.4 Å². The van der Waals surface area contributed by atoms with Crippen molar-refractivity contribution in [3.8, 4) is 0 Å². The highest BCUT2D eigenvalue weighted by atomic mass is 19.1. The molecule has 5 nitrogen and oxygen atoms in total. The van der Waals surface area contributed by atoms with Crippen LogP contribution in [0, 0.1) is 5.82 Å². The summed E-state index contributed by atoms with van der Waals surface area (Å²) in [6.07, 6.45) is 3.78. The molecule has 104 valence electrons. The lowest BCUT2D eigenvalue weighted by Gasteiger charge is -2.09. The van der Waals surface area contributed by atoms with Crippen LogP contribution in [0.25, 0.3) is 0 Å². The van der Waals surface area contributed by atoms with Crippen molar-refractivity contribution in [2.45, 2.75) is 13.3 Å². The summed E-state index contributed by atoms with van der Waals surface area (Å²) >= 11 is 0. The molecule has 2 aromatic rings. The molecule has 0 unspecified atom stereocenters. The second-order valence-electron chi connectivity index (χ2n) is 4.12. The maximum Gasteiger partial charge on any atom is 0.259 e. The zero-order valence-electron chi connectivity index (χ0n) is 11.1. The number of amides is 1. The summed E-state index contributed by atoms with van der Waals surface area (Å²) in [5, 5.41) is 5.38. The van der Waals surface area contributed by atoms with E-state index in [4.69, 9.17) is 0 Å². The standard InChI is InChI=1S/C14H15FN4O/c1-2-7-17-13-12(15)10(6-9-18-13)14(20)19-11-5-3-4-8-16-11/h3-6,8-9H,2,7H2,1H3,(H,17,18)(H,16,19,20). The maximum absolute atomic E-state index is 14.1. The molecule has 0 aliphatic heterocycles. The number of rotatable bonds is 5. The van der Waals surface area contributed by atoms with Crippen molar-refractivity contribution in [2.24, 2.45) is 0 Å². The summed E-state index contributed by atoms with van der Waals surface area (Å²) in [6.45, 7) is 2.55. The third-order valence-electron chi connectivity index (χ3n) is 2.58. The number of aromatic nitrogens is 2. The molecule has 2 aromatic heterocycles. The first-order valence-corrected chi connectivity index (χ1v) is 6.33. The zero-order valence-corrected chi connectivity index (χ0v) is 11.1. The molecular formula is C14H15FN4O. The third kappa shape index (κ3) is 3.28. The van der Waals surface area contributed by atoms with Gasteiger partial charge >= 0.3 is 0 Å². The van der Waals surface area contributed by atoms with E-state index in [0.717, 1.165) is 6.42 Å². The van der Waals surface area contributed by atoms with Crippen molar-refractivity contribution in [3.05, 3.63) is 48.0 Å². The molecule has 6 heteroatoms. The number of anilines is 2. The largest absolute Gasteiger partial charge is 0.368 e. The molecule has 0 radical (unpaired) electrons. The van der Waals surface area contributed by atoms with Crippen molar-refractivity contribution in [2.75, 3.05) is 17.2 Å². The summed E-state index contributed by atoms with van der Waals surface area (Å²) < 4.78 is 14.1. The first kappa shape index (κ1) is 13.9. The van der Waals surface area contributed by atoms with Gasteiger partial charge < -0.3 is 10.6 Å². The average molecular weight is 274 g/mol. The number of hydrogen-bond acceptors (Lipinski definition) is 4. The highest BCUT2D eigenvalue weighted by Gasteiger charge is 2.16. The van der Waals surface area contributed by atoms with Gasteiger partial charge in [-0.05, 0) is 24.6 Å². The van der Waals surface area contributed by atoms with E-state index >= 15 is 0 Å². The van der Waals surface area contributed by atoms with Crippen molar-refractivity contribution < 1.29 is 9.18 Å². The van der Waals surface area contributed by atoms with E-state index < -0.39 is 11.7 Å². The number of nitrogens with zero attached hydrogens (tertiary/aromatic N) is 2. The Bertz CT molecular complexity index is 589. The topological polar surface area (TPSA) is 66.9 Å². The average Bonchev–Trinajstić information content (AvgIpc) is 2.47. The molecule has 2 rings (SSSR count). The van der Waals surface area contributed by atoms with Crippen LogP contribution in [0.2, 0.25) is 0 Å². The van der Waals surface area contributed by atoms with Crippen molar-refractivity contribution in [1.29, 1.82) is 0 Å². The molecule has 0 aliphatic carbocycles. The first-order chi connectivity index (χ1) is 9.72. The monoisotopic (exact) mass is 274 g/mol. The molecule has 20 heavy (non-hydrogen) atoms. The van der Waals surface area contributed by atoms with Gasteiger partial charge in [-0.15, -0.1) is 0 Å². The van der Waals surface area contributed by atoms with E-state index in [2.05, 4.69) is 20.6 Å². The highest BCUT2D eigenvalue weighted by Crippen LogP contribution is 2.16. The van der Waals surface area contributed by atoms with Gasteiger partial charge in [0.1, 0.15) is 5.82 Å². The Morgan fingerprint density at radius 2 is 2.10 bits per heavy atom. The van der Waals surface area contributed by atoms with Crippen LogP contribution >= 0.6 is 0 Å². The molecule has 0 aliphatic rings. The van der Waals surface area contributed by atoms with Crippen LogP contribution < -0.4 is 10.6 Å². The van der Waals surface area contributed by atoms with Gasteiger partial charge in [-0.1, -0.05) is 13.0 Å². The Balaban J connectivity index is 2.17. The molecule has 0 saturated heterocycles. The molecule has 0 bridgehead atoms. The number of halogens is 1. The van der Waals surface area contributed by atoms with Crippen LogP contribution in [-0.2, 0) is 0 Å². The van der Waals surface area contributed by atoms with Crippen molar-refractivity contribution in [1.82, 2.24) is 9.97 Å². The van der Waals surface area contributed by atoms with Gasteiger partial charge in [0.25, 0.3) is 5.91 Å². The lowest BCUT2D eigenvalue weighted by atomic mass is 10.2. The van der Waals surface area contributed by atoms with Gasteiger partial charge in [0.15, 0.2) is 11.6 Å². The maximum atomic E-state index is 14.1. The zero-order chi connectivity index (χ0) is 14.4. The highest BCUT2D eigenvalue weighted by molar-refractivity contribution is 6.04. The second-order valence-corrected chi connectivity index (χ2v) is 4.12. The second kappa shape index (κ2) is 6.60. The van der Waals surface area contributed by atoms with E-state index in [1.54, 1.807) is 24.4 Å². The normalized spacial score (nSPS) is 10.1. The van der Waals surface area contributed by atoms with Gasteiger partial charge in [-0.25, -0.2) is 14.4 Å². The minimum absolute atomic E-state index is 0.0655. The number of hydrogen-bond donors (Lipinski definition) is 2. The van der Waals surface area contributed by atoms with Gasteiger partial charge in [-0.2, -0.15) is 0 Å². The molecule has 0 spiro atoms. The van der Waals surface area contributed by atoms with Crippen molar-refractivity contribution in [3.63, 3.8) is 0 Å². The Hall–Kier alpha value is -2.50. The Morgan fingerprint density at radius 3 is 2.80 bits per heavy atom. The molecule has 0 saturated carbocycles. The van der Waals surface area contributed by atoms with E-state index in [0.29, 0.717) is 12.4 Å². The Morgan fingerprint density at radius 1 is 1.25 bits per heavy atom. The summed E-state index contributed by atoms with van der Waals surface area (Å²) in [4.78, 5) is 19.9. The van der Waals surface area contributed by atoms with Crippen LogP contribution in [0.15, 0.2) is 36.7 Å². The molecule has 0 fully saturated rings. The third-order valence-corrected chi connectivity index (χ3v) is 2.58. The summed E-state index contributed by atoms with van der Waals surface area (Å²) in [6, 6.07) is 6.44. The summed E-state index contributed by atoms with van der Waals surface area (Å²) in [5.74, 6) is -0.755. The van der Waals surface area contributed by atoms with Crippen LogP contribution in [0.5, 0.6) is 0 Å². The number of nitrogens with one attached hydrogen (secondary N) is 2. The Kier molecular flexibility index (Phi) is 4.60. The van der Waals surface area contributed by atoms with Gasteiger partial charge in [0, 0.05) is 18.9 Å². The molecule has 0 aromatic carbocycles. The van der Waals surface area contributed by atoms with E-state index in [9.17, 15) is 9.18 Å². The molecule has 2 heterocycles. The summed E-state index contributed by atoms with van der Waals surface area (Å²) in [5.41, 5.74) is -0.0655. The lowest BCUT2D eigenvalue weighted by molar-refractivity contribution is 0.102. The van der Waals surface area contributed by atoms with Gasteiger partial charge in [0.2, 0.25) is 0 Å². The quantitative estimate of drug-likeness (QED) is 0.879. The van der Waals surface area contributed by atoms with E-state index in [1.165, 1.54) is 12.3 Å². The SMILES string of the molecule is CCCNc1nccc(C(=O)Nc2ccccn2)c1F. The van der Waals surface area contributed by atoms with Gasteiger partial charge in [0.05, 0.1) is 5.56 Å². The molecule has 0 atom stereocenters. The predicted molar refractivity (Wildman–Crippen MR) is 75.2 cm³/mol. The lowest BCUT2D eigenvalue weighted by Crippen LogP contribution is -2.16. The van der Waals surface area contributed by atoms with Crippen LogP contribution in [-0.4, -0.2) is 22.4 Å². The van der Waals surface area contributed by atoms with Gasteiger partial charge in [-0.3, -0.25) is 4.79 Å². The fourth-order valence-corrected chi connectivity index (χ4v) is 1.61.